The van der Waals surface area contributed by atoms with E-state index in [9.17, 15) is 14.3 Å². The van der Waals surface area contributed by atoms with Crippen LogP contribution in [0.3, 0.4) is 0 Å². The topological polar surface area (TPSA) is 97.9 Å². The van der Waals surface area contributed by atoms with E-state index in [2.05, 4.69) is 20.4 Å². The summed E-state index contributed by atoms with van der Waals surface area (Å²) in [6, 6.07) is 8.33. The number of aryl methyl sites for hydroxylation is 1. The Morgan fingerprint density at radius 3 is 2.80 bits per heavy atom. The third-order valence-electron chi connectivity index (χ3n) is 6.07. The monoisotopic (exact) mass is 494 g/mol. The lowest BCUT2D eigenvalue weighted by atomic mass is 10.1. The molecule has 3 heterocycles. The molecular weight excluding hydrogens is 471 g/mol. The Morgan fingerprint density at radius 2 is 2.09 bits per heavy atom. The number of aliphatic hydroxyl groups is 1. The van der Waals surface area contributed by atoms with Crippen molar-refractivity contribution in [3.63, 3.8) is 0 Å². The van der Waals surface area contributed by atoms with E-state index in [1.54, 1.807) is 30.6 Å². The van der Waals surface area contributed by atoms with Crippen molar-refractivity contribution < 1.29 is 9.50 Å². The number of rotatable bonds is 8. The minimum absolute atomic E-state index is 0.0215. The van der Waals surface area contributed by atoms with Gasteiger partial charge in [0.1, 0.15) is 5.82 Å². The van der Waals surface area contributed by atoms with E-state index in [-0.39, 0.29) is 17.2 Å². The molecule has 35 heavy (non-hydrogen) atoms. The number of anilines is 2. The number of aliphatic hydroxyl groups excluding tert-OH is 1. The third-order valence-corrected chi connectivity index (χ3v) is 6.38. The Bertz CT molecular complexity index is 1430. The summed E-state index contributed by atoms with van der Waals surface area (Å²) in [7, 11) is 0. The smallest absolute Gasteiger partial charge is 0.251 e. The van der Waals surface area contributed by atoms with Crippen molar-refractivity contribution in [1.82, 2.24) is 24.3 Å². The fourth-order valence-corrected chi connectivity index (χ4v) is 4.10. The Morgan fingerprint density at radius 1 is 1.26 bits per heavy atom. The Balaban J connectivity index is 1.38. The second-order valence-electron chi connectivity index (χ2n) is 8.72. The van der Waals surface area contributed by atoms with Gasteiger partial charge in [0.2, 0.25) is 5.95 Å². The first-order valence-electron chi connectivity index (χ1n) is 11.3. The van der Waals surface area contributed by atoms with Gasteiger partial charge in [-0.1, -0.05) is 17.7 Å². The van der Waals surface area contributed by atoms with Crippen molar-refractivity contribution in [2.45, 2.75) is 32.4 Å². The van der Waals surface area contributed by atoms with Crippen LogP contribution in [-0.2, 0) is 6.54 Å². The van der Waals surface area contributed by atoms with Crippen molar-refractivity contribution in [3.05, 3.63) is 87.4 Å². The Labute approximate surface area is 206 Å². The quantitative estimate of drug-likeness (QED) is 0.378. The lowest BCUT2D eigenvalue weighted by molar-refractivity contribution is 0.247. The summed E-state index contributed by atoms with van der Waals surface area (Å²) in [5.41, 5.74) is 2.93. The highest BCUT2D eigenvalue weighted by Crippen LogP contribution is 2.31. The van der Waals surface area contributed by atoms with Crippen molar-refractivity contribution in [3.8, 4) is 11.3 Å². The molecule has 1 aliphatic rings. The lowest BCUT2D eigenvalue weighted by Gasteiger charge is -2.18. The number of aromatic nitrogens is 5. The second kappa shape index (κ2) is 9.59. The molecule has 1 fully saturated rings. The van der Waals surface area contributed by atoms with Crippen LogP contribution < -0.4 is 10.9 Å². The molecular formula is C25H24ClFN6O2. The zero-order chi connectivity index (χ0) is 24.5. The summed E-state index contributed by atoms with van der Waals surface area (Å²) < 4.78 is 17.2. The molecule has 0 aliphatic heterocycles. The number of nitrogens with one attached hydrogen (secondary N) is 1. The molecule has 0 spiro atoms. The van der Waals surface area contributed by atoms with E-state index in [4.69, 9.17) is 11.6 Å². The van der Waals surface area contributed by atoms with Crippen LogP contribution in [0.15, 0.2) is 59.8 Å². The molecule has 4 aromatic rings. The van der Waals surface area contributed by atoms with Gasteiger partial charge in [0.15, 0.2) is 0 Å². The van der Waals surface area contributed by atoms with Crippen LogP contribution in [0.4, 0.5) is 16.0 Å². The second-order valence-corrected chi connectivity index (χ2v) is 9.12. The largest absolute Gasteiger partial charge is 0.394 e. The van der Waals surface area contributed by atoms with Gasteiger partial charge < -0.3 is 15.0 Å². The molecule has 1 atom stereocenters. The summed E-state index contributed by atoms with van der Waals surface area (Å²) in [6.07, 6.45) is 7.64. The van der Waals surface area contributed by atoms with Gasteiger partial charge in [-0.2, -0.15) is 5.10 Å². The molecule has 0 saturated heterocycles. The van der Waals surface area contributed by atoms with Gasteiger partial charge in [-0.15, -0.1) is 0 Å². The highest BCUT2D eigenvalue weighted by Gasteiger charge is 2.22. The van der Waals surface area contributed by atoms with Gasteiger partial charge in [0.25, 0.3) is 5.56 Å². The van der Waals surface area contributed by atoms with E-state index < -0.39 is 11.9 Å². The predicted octanol–water partition coefficient (Wildman–Crippen LogP) is 4.34. The fourth-order valence-electron chi connectivity index (χ4n) is 3.98. The molecule has 180 valence electrons. The van der Waals surface area contributed by atoms with Crippen LogP contribution in [0.25, 0.3) is 11.3 Å². The van der Waals surface area contributed by atoms with Gasteiger partial charge in [-0.05, 0) is 55.5 Å². The van der Waals surface area contributed by atoms with Crippen LogP contribution in [0.2, 0.25) is 5.02 Å². The molecule has 8 nitrogen and oxygen atoms in total. The van der Waals surface area contributed by atoms with Gasteiger partial charge in [0.05, 0.1) is 34.7 Å². The summed E-state index contributed by atoms with van der Waals surface area (Å²) >= 11 is 5.76. The molecule has 10 heteroatoms. The molecule has 1 aromatic carbocycles. The zero-order valence-corrected chi connectivity index (χ0v) is 19.8. The van der Waals surface area contributed by atoms with Gasteiger partial charge >= 0.3 is 0 Å². The molecule has 3 aromatic heterocycles. The van der Waals surface area contributed by atoms with Crippen molar-refractivity contribution in [1.29, 1.82) is 0 Å². The molecule has 0 bridgehead atoms. The molecule has 1 saturated carbocycles. The number of benzene rings is 1. The van der Waals surface area contributed by atoms with Gasteiger partial charge in [-0.3, -0.25) is 9.48 Å². The summed E-state index contributed by atoms with van der Waals surface area (Å²) in [6.45, 7) is 2.46. The van der Waals surface area contributed by atoms with E-state index in [1.807, 2.05) is 17.8 Å². The molecule has 5 rings (SSSR count). The number of halogens is 2. The van der Waals surface area contributed by atoms with Gasteiger partial charge in [-0.25, -0.2) is 14.4 Å². The number of hydrogen-bond donors (Lipinski definition) is 2. The molecule has 0 unspecified atom stereocenters. The third kappa shape index (κ3) is 5.11. The minimum atomic E-state index is -0.749. The van der Waals surface area contributed by atoms with Crippen LogP contribution in [0, 0.1) is 18.7 Å². The van der Waals surface area contributed by atoms with Crippen LogP contribution in [0.5, 0.6) is 0 Å². The van der Waals surface area contributed by atoms with Crippen molar-refractivity contribution in [2.24, 2.45) is 5.92 Å². The Hall–Kier alpha value is -3.56. The number of hydrogen-bond acceptors (Lipinski definition) is 6. The number of pyridine rings is 1. The number of nitrogens with zero attached hydrogens (tertiary/aromatic N) is 5. The van der Waals surface area contributed by atoms with Crippen molar-refractivity contribution >= 4 is 23.2 Å². The fraction of sp³-hybridized carbons (Fsp3) is 0.280. The summed E-state index contributed by atoms with van der Waals surface area (Å²) in [4.78, 5) is 21.8. The van der Waals surface area contributed by atoms with Crippen LogP contribution in [0.1, 0.15) is 30.1 Å². The van der Waals surface area contributed by atoms with Crippen LogP contribution in [-0.4, -0.2) is 36.0 Å². The summed E-state index contributed by atoms with van der Waals surface area (Å²) in [5, 5.41) is 17.6. The first-order chi connectivity index (χ1) is 16.9. The lowest BCUT2D eigenvalue weighted by Crippen LogP contribution is -2.27. The average Bonchev–Trinajstić information content (AvgIpc) is 3.59. The average molecular weight is 495 g/mol. The molecule has 0 amide bonds. The normalized spacial score (nSPS) is 14.2. The first-order valence-corrected chi connectivity index (χ1v) is 11.7. The highest BCUT2D eigenvalue weighted by molar-refractivity contribution is 6.30. The van der Waals surface area contributed by atoms with E-state index in [0.29, 0.717) is 28.7 Å². The van der Waals surface area contributed by atoms with Gasteiger partial charge in [0, 0.05) is 36.8 Å². The standard InChI is InChI=1S/C25H24ClFN6O2/c1-15-22(13-32(31-15)12-16-2-3-16)30-25-28-8-6-21(29-25)17-7-9-33(24(35)11-17)23(14-34)18-4-5-19(26)20(27)10-18/h4-11,13,16,23,34H,2-3,12,14H2,1H3,(H,28,29,30)/t23-/m1/s1. The van der Waals surface area contributed by atoms with E-state index in [1.165, 1.54) is 35.6 Å². The maximum absolute atomic E-state index is 13.9. The molecule has 2 N–H and O–H groups in total. The maximum atomic E-state index is 13.9. The highest BCUT2D eigenvalue weighted by atomic mass is 35.5. The van der Waals surface area contributed by atoms with E-state index >= 15 is 0 Å². The van der Waals surface area contributed by atoms with E-state index in [0.717, 1.165) is 17.9 Å². The van der Waals surface area contributed by atoms with Crippen LogP contribution >= 0.6 is 11.6 Å². The first kappa shape index (κ1) is 23.2. The predicted molar refractivity (Wildman–Crippen MR) is 131 cm³/mol. The Kier molecular flexibility index (Phi) is 6.36. The SMILES string of the molecule is Cc1nn(CC2CC2)cc1Nc1nccc(-c2ccn([C@H](CO)c3ccc(Cl)c(F)c3)c(=O)c2)n1. The summed E-state index contributed by atoms with van der Waals surface area (Å²) in [5.74, 6) is 0.500. The zero-order valence-electron chi connectivity index (χ0n) is 19.0. The minimum Gasteiger partial charge on any atom is -0.394 e. The molecule has 0 radical (unpaired) electrons. The molecule has 1 aliphatic carbocycles. The van der Waals surface area contributed by atoms with Crippen molar-refractivity contribution in [2.75, 3.05) is 11.9 Å². The maximum Gasteiger partial charge on any atom is 0.251 e.